The Hall–Kier alpha value is -1.65. The first kappa shape index (κ1) is 16.2. The summed E-state index contributed by atoms with van der Waals surface area (Å²) in [6, 6.07) is 4.83. The highest BCUT2D eigenvalue weighted by Crippen LogP contribution is 2.47. The number of fused-ring (bicyclic) bond motifs is 2. The first-order valence-corrected chi connectivity index (χ1v) is 7.68. The smallest absolute Gasteiger partial charge is 0.322 e. The van der Waals surface area contributed by atoms with E-state index in [4.69, 9.17) is 0 Å². The van der Waals surface area contributed by atoms with E-state index in [0.29, 0.717) is 15.1 Å². The van der Waals surface area contributed by atoms with E-state index in [1.807, 2.05) is 0 Å². The van der Waals surface area contributed by atoms with Crippen molar-refractivity contribution in [3.8, 4) is 0 Å². The molecule has 0 aromatic heterocycles. The molecule has 0 spiro atoms. The van der Waals surface area contributed by atoms with Crippen molar-refractivity contribution >= 4 is 39.1 Å². The maximum absolute atomic E-state index is 13.0. The number of hydrogen-bond acceptors (Lipinski definition) is 5. The molecule has 0 radical (unpaired) electrons. The van der Waals surface area contributed by atoms with Gasteiger partial charge < -0.3 is 5.11 Å². The van der Waals surface area contributed by atoms with E-state index in [1.165, 1.54) is 0 Å². The highest BCUT2D eigenvalue weighted by Gasteiger charge is 2.53. The number of aliphatic hydroxyl groups is 1. The molecule has 1 aromatic carbocycles. The number of alkyl halides is 3. The van der Waals surface area contributed by atoms with Crippen LogP contribution in [-0.4, -0.2) is 27.6 Å². The summed E-state index contributed by atoms with van der Waals surface area (Å²) in [4.78, 5) is 14.4. The summed E-state index contributed by atoms with van der Waals surface area (Å²) in [6.45, 7) is 0. The summed E-state index contributed by atoms with van der Waals surface area (Å²) >= 11 is 4.13. The van der Waals surface area contributed by atoms with Gasteiger partial charge in [-0.3, -0.25) is 10.1 Å². The van der Waals surface area contributed by atoms with E-state index in [2.05, 4.69) is 20.9 Å². The van der Waals surface area contributed by atoms with Gasteiger partial charge in [0.05, 0.1) is 16.2 Å². The molecular formula is C13H6BrF3N2O3S. The molecule has 0 saturated heterocycles. The number of aliphatic imine (C=N–C) groups is 1. The maximum atomic E-state index is 13.0. The van der Waals surface area contributed by atoms with Crippen molar-refractivity contribution in [1.29, 1.82) is 0 Å². The lowest BCUT2D eigenvalue weighted by molar-refractivity contribution is -0.583. The summed E-state index contributed by atoms with van der Waals surface area (Å²) in [5, 5.41) is 21.4. The van der Waals surface area contributed by atoms with Crippen LogP contribution in [0.3, 0.4) is 0 Å². The fourth-order valence-electron chi connectivity index (χ4n) is 2.14. The first-order chi connectivity index (χ1) is 10.6. The predicted molar refractivity (Wildman–Crippen MR) is 81.3 cm³/mol. The number of allylic oxidation sites excluding steroid dienone is 2. The molecule has 120 valence electrons. The van der Waals surface area contributed by atoms with Crippen molar-refractivity contribution in [2.45, 2.75) is 16.8 Å². The molecule has 1 aliphatic heterocycles. The van der Waals surface area contributed by atoms with Crippen LogP contribution in [0, 0.1) is 10.1 Å². The van der Waals surface area contributed by atoms with Gasteiger partial charge in [-0.15, -0.1) is 0 Å². The number of benzene rings is 1. The fourth-order valence-corrected chi connectivity index (χ4v) is 3.77. The van der Waals surface area contributed by atoms with Crippen molar-refractivity contribution in [2.24, 2.45) is 4.99 Å². The fraction of sp³-hybridized carbons (Fsp3) is 0.154. The van der Waals surface area contributed by atoms with Gasteiger partial charge in [0, 0.05) is 20.3 Å². The van der Waals surface area contributed by atoms with Gasteiger partial charge in [-0.05, 0) is 24.3 Å². The molecule has 0 amide bonds. The summed E-state index contributed by atoms with van der Waals surface area (Å²) in [6.07, 6.45) is -3.88. The average molecular weight is 407 g/mol. The summed E-state index contributed by atoms with van der Waals surface area (Å²) in [5.41, 5.74) is -4.38. The number of nitro groups is 1. The summed E-state index contributed by atoms with van der Waals surface area (Å²) < 4.78 is 39.6. The highest BCUT2D eigenvalue weighted by atomic mass is 79.9. The zero-order chi connectivity index (χ0) is 17.0. The average Bonchev–Trinajstić information content (AvgIpc) is 2.44. The van der Waals surface area contributed by atoms with E-state index in [0.717, 1.165) is 17.8 Å². The molecule has 2 aliphatic rings. The maximum Gasteiger partial charge on any atom is 0.416 e. The minimum Gasteiger partial charge on any atom is -0.322 e. The standard InChI is InChI=1S/C13H6BrF3N2O3S/c14-7-1-2-8-9(4-7)23-10-3-6(13(15,16)17)5-12(20,19(21)22)11(10)18-8/h1-5,20H. The molecular weight excluding hydrogens is 401 g/mol. The monoisotopic (exact) mass is 406 g/mol. The van der Waals surface area contributed by atoms with E-state index in [1.54, 1.807) is 18.2 Å². The van der Waals surface area contributed by atoms with Gasteiger partial charge in [-0.2, -0.15) is 13.2 Å². The second-order valence-electron chi connectivity index (χ2n) is 4.76. The second kappa shape index (κ2) is 5.18. The molecule has 1 heterocycles. The Labute approximate surface area is 139 Å². The zero-order valence-corrected chi connectivity index (χ0v) is 13.4. The van der Waals surface area contributed by atoms with Crippen molar-refractivity contribution < 1.29 is 23.2 Å². The third-order valence-corrected chi connectivity index (χ3v) is 4.78. The van der Waals surface area contributed by atoms with Gasteiger partial charge in [-0.1, -0.05) is 27.7 Å². The predicted octanol–water partition coefficient (Wildman–Crippen LogP) is 3.98. The molecule has 0 bridgehead atoms. The largest absolute Gasteiger partial charge is 0.416 e. The van der Waals surface area contributed by atoms with Crippen LogP contribution in [-0.2, 0) is 0 Å². The van der Waals surface area contributed by atoms with Crippen molar-refractivity contribution in [1.82, 2.24) is 0 Å². The van der Waals surface area contributed by atoms with Crippen LogP contribution < -0.4 is 0 Å². The molecule has 1 N–H and O–H groups in total. The normalized spacial score (nSPS) is 23.3. The minimum absolute atomic E-state index is 0.107. The summed E-state index contributed by atoms with van der Waals surface area (Å²) in [7, 11) is 0. The number of thioether (sulfide) groups is 1. The lowest BCUT2D eigenvalue weighted by Gasteiger charge is -2.28. The SMILES string of the molecule is O=[N+]([O-])C1(O)C=C(C(F)(F)F)C=C2Sc3cc(Br)ccc3N=C21. The van der Waals surface area contributed by atoms with Crippen LogP contribution in [0.1, 0.15) is 0 Å². The first-order valence-electron chi connectivity index (χ1n) is 6.07. The Kier molecular flexibility index (Phi) is 3.65. The number of nitrogens with zero attached hydrogens (tertiary/aromatic N) is 2. The third kappa shape index (κ3) is 2.70. The molecule has 1 aromatic rings. The molecule has 0 fully saturated rings. The number of hydrogen-bond donors (Lipinski definition) is 1. The van der Waals surface area contributed by atoms with Crippen LogP contribution in [0.4, 0.5) is 18.9 Å². The van der Waals surface area contributed by atoms with Crippen LogP contribution in [0.15, 0.2) is 55.2 Å². The molecule has 1 unspecified atom stereocenters. The highest BCUT2D eigenvalue weighted by molar-refractivity contribution is 9.10. The Balaban J connectivity index is 2.22. The number of halogens is 4. The quantitative estimate of drug-likeness (QED) is 0.434. The number of rotatable bonds is 1. The Morgan fingerprint density at radius 3 is 2.70 bits per heavy atom. The topological polar surface area (TPSA) is 75.7 Å². The van der Waals surface area contributed by atoms with Gasteiger partial charge in [-0.25, -0.2) is 4.99 Å². The lowest BCUT2D eigenvalue weighted by atomic mass is 9.96. The molecule has 1 aliphatic carbocycles. The van der Waals surface area contributed by atoms with Crippen molar-refractivity contribution in [3.63, 3.8) is 0 Å². The third-order valence-electron chi connectivity index (χ3n) is 3.20. The van der Waals surface area contributed by atoms with Crippen LogP contribution >= 0.6 is 27.7 Å². The Morgan fingerprint density at radius 2 is 2.09 bits per heavy atom. The van der Waals surface area contributed by atoms with Crippen LogP contribution in [0.25, 0.3) is 0 Å². The van der Waals surface area contributed by atoms with Gasteiger partial charge in [0.15, 0.2) is 5.71 Å². The van der Waals surface area contributed by atoms with E-state index < -0.39 is 28.1 Å². The molecule has 1 atom stereocenters. The van der Waals surface area contributed by atoms with E-state index in [9.17, 15) is 28.4 Å². The van der Waals surface area contributed by atoms with Crippen LogP contribution in [0.2, 0.25) is 0 Å². The molecule has 23 heavy (non-hydrogen) atoms. The Morgan fingerprint density at radius 1 is 1.39 bits per heavy atom. The lowest BCUT2D eigenvalue weighted by Crippen LogP contribution is -2.48. The van der Waals surface area contributed by atoms with Gasteiger partial charge in [0.1, 0.15) is 0 Å². The summed E-state index contributed by atoms with van der Waals surface area (Å²) in [5.74, 6) is 0. The van der Waals surface area contributed by atoms with Crippen LogP contribution in [0.5, 0.6) is 0 Å². The zero-order valence-electron chi connectivity index (χ0n) is 11.0. The van der Waals surface area contributed by atoms with E-state index >= 15 is 0 Å². The van der Waals surface area contributed by atoms with Gasteiger partial charge in [0.2, 0.25) is 0 Å². The molecule has 10 heteroatoms. The van der Waals surface area contributed by atoms with E-state index in [-0.39, 0.29) is 11.0 Å². The molecule has 5 nitrogen and oxygen atoms in total. The van der Waals surface area contributed by atoms with Gasteiger partial charge >= 0.3 is 11.9 Å². The molecule has 3 rings (SSSR count). The Bertz CT molecular complexity index is 819. The van der Waals surface area contributed by atoms with Crippen molar-refractivity contribution in [2.75, 3.05) is 0 Å². The second-order valence-corrected chi connectivity index (χ2v) is 6.76. The minimum atomic E-state index is -4.82. The molecule has 0 saturated carbocycles. The van der Waals surface area contributed by atoms with Crippen molar-refractivity contribution in [3.05, 3.63) is 55.4 Å². The van der Waals surface area contributed by atoms with Gasteiger partial charge in [0.25, 0.3) is 0 Å².